The van der Waals surface area contributed by atoms with Crippen molar-refractivity contribution in [2.45, 2.75) is 18.2 Å². The highest BCUT2D eigenvalue weighted by Gasteiger charge is 2.26. The van der Waals surface area contributed by atoms with E-state index in [9.17, 15) is 17.6 Å². The van der Waals surface area contributed by atoms with Gasteiger partial charge in [0, 0.05) is 12.2 Å². The Bertz CT molecular complexity index is 1080. The van der Waals surface area contributed by atoms with E-state index in [-0.39, 0.29) is 18.0 Å². The van der Waals surface area contributed by atoms with Crippen molar-refractivity contribution in [1.82, 2.24) is 4.31 Å². The second-order valence-corrected chi connectivity index (χ2v) is 8.88. The minimum atomic E-state index is -3.87. The maximum absolute atomic E-state index is 13.2. The van der Waals surface area contributed by atoms with Gasteiger partial charge in [-0.25, -0.2) is 12.8 Å². The first-order valence-electron chi connectivity index (χ1n) is 9.51. The lowest BCUT2D eigenvalue weighted by Gasteiger charge is -2.22. The fourth-order valence-electron chi connectivity index (χ4n) is 2.94. The topological polar surface area (TPSA) is 66.5 Å². The second-order valence-electron chi connectivity index (χ2n) is 6.94. The van der Waals surface area contributed by atoms with Crippen LogP contribution in [0.2, 0.25) is 0 Å². The number of carbonyl (C=O) groups excluding carboxylic acids is 1. The minimum absolute atomic E-state index is 0.135. The van der Waals surface area contributed by atoms with Gasteiger partial charge in [-0.15, -0.1) is 0 Å². The van der Waals surface area contributed by atoms with Gasteiger partial charge >= 0.3 is 0 Å². The van der Waals surface area contributed by atoms with Gasteiger partial charge in [-0.2, -0.15) is 4.31 Å². The van der Waals surface area contributed by atoms with Crippen molar-refractivity contribution in [1.29, 1.82) is 0 Å². The van der Waals surface area contributed by atoms with E-state index < -0.39 is 21.7 Å². The van der Waals surface area contributed by atoms with Crippen molar-refractivity contribution in [3.8, 4) is 0 Å². The highest BCUT2D eigenvalue weighted by Crippen LogP contribution is 2.18. The van der Waals surface area contributed by atoms with Crippen LogP contribution in [0.1, 0.15) is 11.1 Å². The van der Waals surface area contributed by atoms with Gasteiger partial charge in [-0.05, 0) is 55.3 Å². The summed E-state index contributed by atoms with van der Waals surface area (Å²) < 4.78 is 40.6. The van der Waals surface area contributed by atoms with Crippen LogP contribution >= 0.6 is 0 Å². The average molecular weight is 427 g/mol. The molecule has 0 radical (unpaired) electrons. The van der Waals surface area contributed by atoms with Crippen LogP contribution in [-0.4, -0.2) is 31.7 Å². The Balaban J connectivity index is 1.79. The first-order chi connectivity index (χ1) is 14.3. The van der Waals surface area contributed by atoms with Gasteiger partial charge in [-0.1, -0.05) is 48.0 Å². The lowest BCUT2D eigenvalue weighted by atomic mass is 10.1. The summed E-state index contributed by atoms with van der Waals surface area (Å²) in [7, 11) is -3.87. The standard InChI is InChI=1S/C23H23FN2O3S/c1-18-7-13-22(14-8-18)30(28,29)26(16-15-19-5-3-2-4-6-19)17-23(27)25-21-11-9-20(24)10-12-21/h2-14H,15-17H2,1H3,(H,25,27). The van der Waals surface area contributed by atoms with Gasteiger partial charge < -0.3 is 5.32 Å². The number of amides is 1. The molecule has 3 aromatic carbocycles. The zero-order chi connectivity index (χ0) is 21.6. The molecule has 3 rings (SSSR count). The van der Waals surface area contributed by atoms with Crippen molar-refractivity contribution in [2.24, 2.45) is 0 Å². The molecule has 0 aliphatic carbocycles. The summed E-state index contributed by atoms with van der Waals surface area (Å²) in [4.78, 5) is 12.7. The number of halogens is 1. The predicted molar refractivity (Wildman–Crippen MR) is 115 cm³/mol. The molecule has 0 spiro atoms. The summed E-state index contributed by atoms with van der Waals surface area (Å²) in [5.74, 6) is -0.912. The third kappa shape index (κ3) is 5.75. The Morgan fingerprint density at radius 3 is 2.20 bits per heavy atom. The summed E-state index contributed by atoms with van der Waals surface area (Å²) in [6.45, 7) is 1.68. The quantitative estimate of drug-likeness (QED) is 0.592. The first kappa shape index (κ1) is 21.7. The fourth-order valence-corrected chi connectivity index (χ4v) is 4.33. The highest BCUT2D eigenvalue weighted by atomic mass is 32.2. The number of aryl methyl sites for hydroxylation is 1. The lowest BCUT2D eigenvalue weighted by molar-refractivity contribution is -0.116. The van der Waals surface area contributed by atoms with E-state index in [4.69, 9.17) is 0 Å². The molecule has 3 aromatic rings. The summed E-state index contributed by atoms with van der Waals surface area (Å²) in [6, 6.07) is 21.3. The molecule has 0 fully saturated rings. The van der Waals surface area contributed by atoms with E-state index in [0.29, 0.717) is 12.1 Å². The molecule has 5 nitrogen and oxygen atoms in total. The first-order valence-corrected chi connectivity index (χ1v) is 10.9. The van der Waals surface area contributed by atoms with E-state index >= 15 is 0 Å². The number of benzene rings is 3. The number of hydrogen-bond acceptors (Lipinski definition) is 3. The molecule has 0 saturated heterocycles. The molecule has 7 heteroatoms. The van der Waals surface area contributed by atoms with Gasteiger partial charge in [0.2, 0.25) is 15.9 Å². The summed E-state index contributed by atoms with van der Waals surface area (Å²) >= 11 is 0. The number of nitrogens with one attached hydrogen (secondary N) is 1. The zero-order valence-electron chi connectivity index (χ0n) is 16.6. The van der Waals surface area contributed by atoms with Crippen LogP contribution in [0.15, 0.2) is 83.8 Å². The Hall–Kier alpha value is -3.03. The molecule has 0 aliphatic rings. The van der Waals surface area contributed by atoms with Crippen molar-refractivity contribution in [2.75, 3.05) is 18.4 Å². The second kappa shape index (κ2) is 9.65. The minimum Gasteiger partial charge on any atom is -0.325 e. The third-order valence-corrected chi connectivity index (χ3v) is 6.46. The highest BCUT2D eigenvalue weighted by molar-refractivity contribution is 7.89. The molecule has 0 aliphatic heterocycles. The molecule has 156 valence electrons. The number of carbonyl (C=O) groups is 1. The Kier molecular flexibility index (Phi) is 6.97. The maximum Gasteiger partial charge on any atom is 0.243 e. The normalized spacial score (nSPS) is 11.4. The van der Waals surface area contributed by atoms with Crippen molar-refractivity contribution < 1.29 is 17.6 Å². The molecule has 0 saturated carbocycles. The van der Waals surface area contributed by atoms with Crippen LogP contribution in [-0.2, 0) is 21.2 Å². The molecule has 1 amide bonds. The molecule has 1 N–H and O–H groups in total. The van der Waals surface area contributed by atoms with Crippen LogP contribution in [0.25, 0.3) is 0 Å². The smallest absolute Gasteiger partial charge is 0.243 e. The third-order valence-electron chi connectivity index (χ3n) is 4.60. The summed E-state index contributed by atoms with van der Waals surface area (Å²) in [5.41, 5.74) is 2.32. The SMILES string of the molecule is Cc1ccc(S(=O)(=O)N(CCc2ccccc2)CC(=O)Nc2ccc(F)cc2)cc1. The Morgan fingerprint density at radius 2 is 1.57 bits per heavy atom. The van der Waals surface area contributed by atoms with Crippen molar-refractivity contribution in [3.63, 3.8) is 0 Å². The molecule has 0 heterocycles. The molecule has 30 heavy (non-hydrogen) atoms. The van der Waals surface area contributed by atoms with Crippen LogP contribution < -0.4 is 5.32 Å². The Morgan fingerprint density at radius 1 is 0.933 bits per heavy atom. The van der Waals surface area contributed by atoms with E-state index in [1.807, 2.05) is 37.3 Å². The summed E-state index contributed by atoms with van der Waals surface area (Å²) in [5, 5.41) is 2.62. The summed E-state index contributed by atoms with van der Waals surface area (Å²) in [6.07, 6.45) is 0.468. The lowest BCUT2D eigenvalue weighted by Crippen LogP contribution is -2.39. The van der Waals surface area contributed by atoms with Crippen molar-refractivity contribution in [3.05, 3.63) is 95.8 Å². The zero-order valence-corrected chi connectivity index (χ0v) is 17.4. The molecule has 0 bridgehead atoms. The van der Waals surface area contributed by atoms with Gasteiger partial charge in [0.1, 0.15) is 5.82 Å². The van der Waals surface area contributed by atoms with Gasteiger partial charge in [0.05, 0.1) is 11.4 Å². The predicted octanol–water partition coefficient (Wildman–Crippen LogP) is 4.01. The van der Waals surface area contributed by atoms with E-state index in [0.717, 1.165) is 11.1 Å². The van der Waals surface area contributed by atoms with Crippen LogP contribution in [0, 0.1) is 12.7 Å². The largest absolute Gasteiger partial charge is 0.325 e. The van der Waals surface area contributed by atoms with Gasteiger partial charge in [-0.3, -0.25) is 4.79 Å². The van der Waals surface area contributed by atoms with E-state index in [1.54, 1.807) is 12.1 Å². The Labute approximate surface area is 176 Å². The number of anilines is 1. The van der Waals surface area contributed by atoms with Crippen LogP contribution in [0.5, 0.6) is 0 Å². The van der Waals surface area contributed by atoms with Crippen LogP contribution in [0.4, 0.5) is 10.1 Å². The number of hydrogen-bond donors (Lipinski definition) is 1. The molecular weight excluding hydrogens is 403 g/mol. The molecular formula is C23H23FN2O3S. The monoisotopic (exact) mass is 426 g/mol. The number of sulfonamides is 1. The van der Waals surface area contributed by atoms with Crippen LogP contribution in [0.3, 0.4) is 0 Å². The van der Waals surface area contributed by atoms with Gasteiger partial charge in [0.25, 0.3) is 0 Å². The molecule has 0 unspecified atom stereocenters. The van der Waals surface area contributed by atoms with Crippen molar-refractivity contribution >= 4 is 21.6 Å². The molecule has 0 aromatic heterocycles. The van der Waals surface area contributed by atoms with E-state index in [2.05, 4.69) is 5.32 Å². The average Bonchev–Trinajstić information content (AvgIpc) is 2.73. The number of rotatable bonds is 8. The molecule has 0 atom stereocenters. The maximum atomic E-state index is 13.2. The van der Waals surface area contributed by atoms with E-state index in [1.165, 1.54) is 40.7 Å². The van der Waals surface area contributed by atoms with Gasteiger partial charge in [0.15, 0.2) is 0 Å². The number of nitrogens with zero attached hydrogens (tertiary/aromatic N) is 1. The fraction of sp³-hybridized carbons (Fsp3) is 0.174.